The zero-order valence-corrected chi connectivity index (χ0v) is 14.3. The zero-order valence-electron chi connectivity index (χ0n) is 14.3. The molecule has 0 saturated heterocycles. The zero-order chi connectivity index (χ0) is 16.2. The standard InChI is InChI=1S/C20H28N2O/c1-3-7-15(2)20-19(16-8-5-4-6-9-16)21-14-22(20)17-10-12-18(23)13-11-17/h4-6,8-9,14-15,17-18,23H,3,7,10-13H2,1-2H3/t15-,17?,18?/m0/s1. The van der Waals surface area contributed by atoms with Crippen molar-refractivity contribution in [2.24, 2.45) is 0 Å². The highest BCUT2D eigenvalue weighted by molar-refractivity contribution is 5.62. The summed E-state index contributed by atoms with van der Waals surface area (Å²) < 4.78 is 2.41. The number of rotatable bonds is 5. The molecule has 1 heterocycles. The topological polar surface area (TPSA) is 38.0 Å². The third-order valence-corrected chi connectivity index (χ3v) is 5.13. The van der Waals surface area contributed by atoms with Crippen LogP contribution in [0.2, 0.25) is 0 Å². The minimum atomic E-state index is -0.111. The quantitative estimate of drug-likeness (QED) is 0.850. The Hall–Kier alpha value is -1.61. The van der Waals surface area contributed by atoms with Crippen LogP contribution in [0, 0.1) is 0 Å². The number of hydrogen-bond donors (Lipinski definition) is 1. The first kappa shape index (κ1) is 16.3. The van der Waals surface area contributed by atoms with Gasteiger partial charge in [-0.05, 0) is 38.0 Å². The van der Waals surface area contributed by atoms with Gasteiger partial charge in [-0.15, -0.1) is 0 Å². The SMILES string of the molecule is CCC[C@H](C)c1c(-c2ccccc2)ncn1C1CCC(O)CC1. The Morgan fingerprint density at radius 3 is 2.52 bits per heavy atom. The van der Waals surface area contributed by atoms with Crippen LogP contribution in [0.25, 0.3) is 11.3 Å². The maximum atomic E-state index is 9.79. The molecule has 1 aliphatic carbocycles. The van der Waals surface area contributed by atoms with E-state index in [9.17, 15) is 5.11 Å². The molecule has 0 aliphatic heterocycles. The van der Waals surface area contributed by atoms with Crippen molar-refractivity contribution >= 4 is 0 Å². The second kappa shape index (κ2) is 7.31. The van der Waals surface area contributed by atoms with Gasteiger partial charge in [-0.1, -0.05) is 50.6 Å². The Balaban J connectivity index is 1.98. The normalized spacial score (nSPS) is 22.9. The molecule has 1 saturated carbocycles. The van der Waals surface area contributed by atoms with E-state index in [1.807, 2.05) is 6.33 Å². The van der Waals surface area contributed by atoms with Crippen molar-refractivity contribution in [1.29, 1.82) is 0 Å². The minimum Gasteiger partial charge on any atom is -0.393 e. The van der Waals surface area contributed by atoms with E-state index in [-0.39, 0.29) is 6.10 Å². The third-order valence-electron chi connectivity index (χ3n) is 5.13. The first-order valence-corrected chi connectivity index (χ1v) is 9.01. The highest BCUT2D eigenvalue weighted by Gasteiger charge is 2.26. The maximum Gasteiger partial charge on any atom is 0.0958 e. The van der Waals surface area contributed by atoms with Crippen molar-refractivity contribution in [1.82, 2.24) is 9.55 Å². The highest BCUT2D eigenvalue weighted by Crippen LogP contribution is 2.37. The van der Waals surface area contributed by atoms with Crippen LogP contribution in [-0.2, 0) is 0 Å². The molecule has 0 radical (unpaired) electrons. The van der Waals surface area contributed by atoms with Gasteiger partial charge in [0.05, 0.1) is 18.1 Å². The van der Waals surface area contributed by atoms with E-state index in [1.54, 1.807) is 0 Å². The summed E-state index contributed by atoms with van der Waals surface area (Å²) >= 11 is 0. The molecule has 3 nitrogen and oxygen atoms in total. The number of aromatic nitrogens is 2. The molecule has 3 heteroatoms. The molecule has 2 aromatic rings. The summed E-state index contributed by atoms with van der Waals surface area (Å²) in [5.41, 5.74) is 3.72. The smallest absolute Gasteiger partial charge is 0.0958 e. The molecular formula is C20H28N2O. The Morgan fingerprint density at radius 2 is 1.87 bits per heavy atom. The summed E-state index contributed by atoms with van der Waals surface area (Å²) in [6.45, 7) is 4.57. The van der Waals surface area contributed by atoms with E-state index >= 15 is 0 Å². The van der Waals surface area contributed by atoms with E-state index in [4.69, 9.17) is 4.98 Å². The monoisotopic (exact) mass is 312 g/mol. The van der Waals surface area contributed by atoms with Crippen molar-refractivity contribution in [2.45, 2.75) is 70.4 Å². The summed E-state index contributed by atoms with van der Waals surface area (Å²) in [6, 6.07) is 11.0. The predicted octanol–water partition coefficient (Wildman–Crippen LogP) is 4.93. The lowest BCUT2D eigenvalue weighted by Crippen LogP contribution is -2.22. The molecule has 23 heavy (non-hydrogen) atoms. The Labute approximate surface area is 139 Å². The predicted molar refractivity (Wildman–Crippen MR) is 94.5 cm³/mol. The number of aliphatic hydroxyl groups is 1. The van der Waals surface area contributed by atoms with Crippen molar-refractivity contribution < 1.29 is 5.11 Å². The summed E-state index contributed by atoms with van der Waals surface area (Å²) in [5, 5.41) is 9.79. The van der Waals surface area contributed by atoms with Crippen LogP contribution in [0.1, 0.15) is 70.0 Å². The van der Waals surface area contributed by atoms with Crippen molar-refractivity contribution in [2.75, 3.05) is 0 Å². The summed E-state index contributed by atoms with van der Waals surface area (Å²) in [4.78, 5) is 4.78. The largest absolute Gasteiger partial charge is 0.393 e. The van der Waals surface area contributed by atoms with E-state index < -0.39 is 0 Å². The summed E-state index contributed by atoms with van der Waals surface area (Å²) in [5.74, 6) is 0.504. The highest BCUT2D eigenvalue weighted by atomic mass is 16.3. The molecule has 1 N–H and O–H groups in total. The Bertz CT molecular complexity index is 612. The molecule has 1 aromatic carbocycles. The van der Waals surface area contributed by atoms with Crippen molar-refractivity contribution in [3.8, 4) is 11.3 Å². The minimum absolute atomic E-state index is 0.111. The second-order valence-electron chi connectivity index (χ2n) is 6.90. The Kier molecular flexibility index (Phi) is 5.16. The number of aliphatic hydroxyl groups excluding tert-OH is 1. The fourth-order valence-electron chi connectivity index (χ4n) is 3.87. The molecule has 1 aliphatic rings. The van der Waals surface area contributed by atoms with Gasteiger partial charge in [0.1, 0.15) is 0 Å². The molecule has 1 fully saturated rings. The molecule has 0 spiro atoms. The van der Waals surface area contributed by atoms with E-state index in [0.717, 1.165) is 31.4 Å². The lowest BCUT2D eigenvalue weighted by molar-refractivity contribution is 0.110. The van der Waals surface area contributed by atoms with Crippen LogP contribution in [0.15, 0.2) is 36.7 Å². The lowest BCUT2D eigenvalue weighted by Gasteiger charge is -2.29. The molecule has 1 atom stereocenters. The van der Waals surface area contributed by atoms with Crippen LogP contribution in [0.4, 0.5) is 0 Å². The van der Waals surface area contributed by atoms with Crippen LogP contribution in [0.3, 0.4) is 0 Å². The van der Waals surface area contributed by atoms with E-state index in [0.29, 0.717) is 12.0 Å². The molecule has 0 amide bonds. The van der Waals surface area contributed by atoms with Gasteiger partial charge in [-0.2, -0.15) is 0 Å². The van der Waals surface area contributed by atoms with E-state index in [1.165, 1.54) is 24.1 Å². The molecule has 0 bridgehead atoms. The van der Waals surface area contributed by atoms with Gasteiger partial charge in [0.15, 0.2) is 0 Å². The number of benzene rings is 1. The number of imidazole rings is 1. The average molecular weight is 312 g/mol. The fraction of sp³-hybridized carbons (Fsp3) is 0.550. The van der Waals surface area contributed by atoms with Crippen LogP contribution in [0.5, 0.6) is 0 Å². The van der Waals surface area contributed by atoms with E-state index in [2.05, 4.69) is 48.7 Å². The first-order valence-electron chi connectivity index (χ1n) is 9.01. The molecule has 124 valence electrons. The van der Waals surface area contributed by atoms with Gasteiger partial charge in [-0.25, -0.2) is 4.98 Å². The van der Waals surface area contributed by atoms with Gasteiger partial charge < -0.3 is 9.67 Å². The summed E-state index contributed by atoms with van der Waals surface area (Å²) in [7, 11) is 0. The number of hydrogen-bond acceptors (Lipinski definition) is 2. The Morgan fingerprint density at radius 1 is 1.17 bits per heavy atom. The molecule has 1 aromatic heterocycles. The van der Waals surface area contributed by atoms with Crippen LogP contribution in [-0.4, -0.2) is 20.8 Å². The molecular weight excluding hydrogens is 284 g/mol. The third kappa shape index (κ3) is 3.50. The lowest BCUT2D eigenvalue weighted by atomic mass is 9.91. The molecule has 0 unspecified atom stereocenters. The van der Waals surface area contributed by atoms with Crippen LogP contribution < -0.4 is 0 Å². The van der Waals surface area contributed by atoms with Gasteiger partial charge in [0.25, 0.3) is 0 Å². The molecule has 3 rings (SSSR count). The van der Waals surface area contributed by atoms with Gasteiger partial charge in [-0.3, -0.25) is 0 Å². The first-order chi connectivity index (χ1) is 11.2. The maximum absolute atomic E-state index is 9.79. The average Bonchev–Trinajstić information content (AvgIpc) is 3.01. The fourth-order valence-corrected chi connectivity index (χ4v) is 3.87. The number of nitrogens with zero attached hydrogens (tertiary/aromatic N) is 2. The van der Waals surface area contributed by atoms with Gasteiger partial charge in [0.2, 0.25) is 0 Å². The van der Waals surface area contributed by atoms with Gasteiger partial charge >= 0.3 is 0 Å². The van der Waals surface area contributed by atoms with Crippen molar-refractivity contribution in [3.63, 3.8) is 0 Å². The summed E-state index contributed by atoms with van der Waals surface area (Å²) in [6.07, 6.45) is 8.21. The van der Waals surface area contributed by atoms with Crippen molar-refractivity contribution in [3.05, 3.63) is 42.4 Å². The second-order valence-corrected chi connectivity index (χ2v) is 6.90. The van der Waals surface area contributed by atoms with Crippen LogP contribution >= 0.6 is 0 Å². The van der Waals surface area contributed by atoms with Gasteiger partial charge in [0, 0.05) is 17.3 Å².